The minimum Gasteiger partial charge on any atom is -0.489 e. The monoisotopic (exact) mass is 347 g/mol. The first kappa shape index (κ1) is 14.9. The van der Waals surface area contributed by atoms with E-state index in [0.29, 0.717) is 36.1 Å². The van der Waals surface area contributed by atoms with Crippen molar-refractivity contribution >= 4 is 27.2 Å². The van der Waals surface area contributed by atoms with Crippen LogP contribution in [-0.2, 0) is 10.0 Å². The number of sulfonamides is 1. The third-order valence-electron chi connectivity index (χ3n) is 3.90. The molecule has 2 aromatic rings. The summed E-state index contributed by atoms with van der Waals surface area (Å²) in [5, 5.41) is 3.06. The molecule has 24 heavy (non-hydrogen) atoms. The first-order valence-corrected chi connectivity index (χ1v) is 8.84. The number of ether oxygens (including phenoxy) is 1. The molecule has 0 spiro atoms. The van der Waals surface area contributed by atoms with Gasteiger partial charge in [-0.2, -0.15) is 8.42 Å². The standard InChI is InChI=1S/C16H14FN3O3S/c17-11-5-6-13-14(9-11)23-8-7-20(13)10-16-18-12-3-1-2-4-15(12)24(21,22)19-16/h1-6,9H,7-8,10H2,(H,18,19). The number of para-hydroxylation sites is 1. The van der Waals surface area contributed by atoms with Crippen molar-refractivity contribution in [3.05, 3.63) is 48.3 Å². The highest BCUT2D eigenvalue weighted by molar-refractivity contribution is 7.90. The Kier molecular flexibility index (Phi) is 3.42. The molecule has 0 saturated carbocycles. The Labute approximate surface area is 138 Å². The fourth-order valence-corrected chi connectivity index (χ4v) is 3.97. The fraction of sp³-hybridized carbons (Fsp3) is 0.188. The zero-order valence-corrected chi connectivity index (χ0v) is 13.4. The van der Waals surface area contributed by atoms with Gasteiger partial charge in [-0.3, -0.25) is 0 Å². The SMILES string of the molecule is O=S1(=O)N=C(CN2CCOc3cc(F)ccc32)Nc2ccccc21. The van der Waals surface area contributed by atoms with E-state index in [4.69, 9.17) is 4.74 Å². The summed E-state index contributed by atoms with van der Waals surface area (Å²) in [5.74, 6) is 0.395. The van der Waals surface area contributed by atoms with E-state index in [-0.39, 0.29) is 17.3 Å². The smallest absolute Gasteiger partial charge is 0.286 e. The highest BCUT2D eigenvalue weighted by Gasteiger charge is 2.27. The van der Waals surface area contributed by atoms with Crippen molar-refractivity contribution in [2.24, 2.45) is 4.40 Å². The Bertz CT molecular complexity index is 943. The summed E-state index contributed by atoms with van der Waals surface area (Å²) in [4.78, 5) is 2.08. The second kappa shape index (κ2) is 5.48. The second-order valence-electron chi connectivity index (χ2n) is 5.52. The minimum absolute atomic E-state index is 0.165. The lowest BCUT2D eigenvalue weighted by Gasteiger charge is -2.32. The van der Waals surface area contributed by atoms with E-state index in [2.05, 4.69) is 9.71 Å². The minimum atomic E-state index is -3.72. The van der Waals surface area contributed by atoms with Gasteiger partial charge in [-0.15, -0.1) is 4.40 Å². The lowest BCUT2D eigenvalue weighted by atomic mass is 10.2. The number of nitrogens with zero attached hydrogens (tertiary/aromatic N) is 2. The van der Waals surface area contributed by atoms with Crippen LogP contribution < -0.4 is 15.0 Å². The van der Waals surface area contributed by atoms with Crippen molar-refractivity contribution in [1.82, 2.24) is 0 Å². The third-order valence-corrected chi connectivity index (χ3v) is 5.27. The predicted molar refractivity (Wildman–Crippen MR) is 88.8 cm³/mol. The van der Waals surface area contributed by atoms with Crippen LogP contribution in [0.4, 0.5) is 15.8 Å². The quantitative estimate of drug-likeness (QED) is 0.902. The van der Waals surface area contributed by atoms with Gasteiger partial charge in [0, 0.05) is 6.07 Å². The number of benzene rings is 2. The maximum Gasteiger partial charge on any atom is 0.286 e. The summed E-state index contributed by atoms with van der Waals surface area (Å²) >= 11 is 0. The van der Waals surface area contributed by atoms with Crippen molar-refractivity contribution in [3.63, 3.8) is 0 Å². The summed E-state index contributed by atoms with van der Waals surface area (Å²) in [6.07, 6.45) is 0. The Morgan fingerprint density at radius 1 is 1.25 bits per heavy atom. The molecule has 6 nitrogen and oxygen atoms in total. The largest absolute Gasteiger partial charge is 0.489 e. The number of anilines is 2. The molecule has 0 aromatic heterocycles. The molecule has 0 radical (unpaired) electrons. The van der Waals surface area contributed by atoms with Gasteiger partial charge in [0.2, 0.25) is 0 Å². The molecule has 2 heterocycles. The Morgan fingerprint density at radius 2 is 2.08 bits per heavy atom. The first-order valence-electron chi connectivity index (χ1n) is 7.40. The summed E-state index contributed by atoms with van der Waals surface area (Å²) in [6.45, 7) is 1.21. The summed E-state index contributed by atoms with van der Waals surface area (Å²) in [6, 6.07) is 10.9. The van der Waals surface area contributed by atoms with Crippen molar-refractivity contribution in [2.45, 2.75) is 4.90 Å². The highest BCUT2D eigenvalue weighted by atomic mass is 32.2. The normalized spacial score (nSPS) is 17.9. The van der Waals surface area contributed by atoms with Gasteiger partial charge in [-0.1, -0.05) is 12.1 Å². The third kappa shape index (κ3) is 2.58. The maximum atomic E-state index is 13.3. The second-order valence-corrected chi connectivity index (χ2v) is 7.09. The van der Waals surface area contributed by atoms with Crippen LogP contribution in [0.5, 0.6) is 5.75 Å². The summed E-state index contributed by atoms with van der Waals surface area (Å²) < 4.78 is 47.2. The van der Waals surface area contributed by atoms with E-state index >= 15 is 0 Å². The van der Waals surface area contributed by atoms with Crippen molar-refractivity contribution in [3.8, 4) is 5.75 Å². The molecule has 0 aliphatic carbocycles. The van der Waals surface area contributed by atoms with Crippen molar-refractivity contribution < 1.29 is 17.5 Å². The van der Waals surface area contributed by atoms with Gasteiger partial charge < -0.3 is 15.0 Å². The molecule has 0 unspecified atom stereocenters. The number of halogens is 1. The van der Waals surface area contributed by atoms with Crippen molar-refractivity contribution in [1.29, 1.82) is 0 Å². The molecule has 8 heteroatoms. The van der Waals surface area contributed by atoms with Crippen LogP contribution >= 0.6 is 0 Å². The van der Waals surface area contributed by atoms with Crippen LogP contribution in [0.15, 0.2) is 51.8 Å². The van der Waals surface area contributed by atoms with Crippen molar-refractivity contribution in [2.75, 3.05) is 29.9 Å². The number of fused-ring (bicyclic) bond motifs is 2. The first-order chi connectivity index (χ1) is 11.5. The molecule has 0 bridgehead atoms. The number of amidine groups is 1. The van der Waals surface area contributed by atoms with E-state index in [1.807, 2.05) is 4.90 Å². The molecular weight excluding hydrogens is 333 g/mol. The van der Waals surface area contributed by atoms with Crippen LogP contribution in [-0.4, -0.2) is 33.9 Å². The van der Waals surface area contributed by atoms with Gasteiger partial charge in [-0.05, 0) is 24.3 Å². The molecule has 0 atom stereocenters. The highest BCUT2D eigenvalue weighted by Crippen LogP contribution is 2.33. The van der Waals surface area contributed by atoms with Gasteiger partial charge in [0.15, 0.2) is 0 Å². The molecule has 0 fully saturated rings. The average molecular weight is 347 g/mol. The molecule has 0 amide bonds. The van der Waals surface area contributed by atoms with Gasteiger partial charge in [0.05, 0.1) is 24.5 Å². The zero-order chi connectivity index (χ0) is 16.7. The summed E-state index contributed by atoms with van der Waals surface area (Å²) in [5.41, 5.74) is 1.22. The van der Waals surface area contributed by atoms with Gasteiger partial charge >= 0.3 is 0 Å². The van der Waals surface area contributed by atoms with Crippen LogP contribution in [0.1, 0.15) is 0 Å². The lowest BCUT2D eigenvalue weighted by molar-refractivity contribution is 0.308. The molecule has 124 valence electrons. The fourth-order valence-electron chi connectivity index (χ4n) is 2.83. The van der Waals surface area contributed by atoms with Crippen LogP contribution in [0.2, 0.25) is 0 Å². The molecule has 2 aromatic carbocycles. The molecule has 4 rings (SSSR count). The van der Waals surface area contributed by atoms with E-state index in [0.717, 1.165) is 0 Å². The number of rotatable bonds is 2. The molecule has 1 N–H and O–H groups in total. The van der Waals surface area contributed by atoms with Gasteiger partial charge in [0.25, 0.3) is 10.0 Å². The molecule has 0 saturated heterocycles. The maximum absolute atomic E-state index is 13.3. The van der Waals surface area contributed by atoms with Gasteiger partial charge in [-0.25, -0.2) is 4.39 Å². The summed E-state index contributed by atoms with van der Waals surface area (Å²) in [7, 11) is -3.72. The van der Waals surface area contributed by atoms with E-state index in [1.54, 1.807) is 24.3 Å². The Morgan fingerprint density at radius 3 is 2.96 bits per heavy atom. The molecule has 2 aliphatic rings. The topological polar surface area (TPSA) is 71.0 Å². The molecule has 2 aliphatic heterocycles. The Balaban J connectivity index is 1.65. The van der Waals surface area contributed by atoms with E-state index in [9.17, 15) is 12.8 Å². The predicted octanol–water partition coefficient (Wildman–Crippen LogP) is 2.24. The van der Waals surface area contributed by atoms with E-state index < -0.39 is 10.0 Å². The number of nitrogens with one attached hydrogen (secondary N) is 1. The molecular formula is C16H14FN3O3S. The van der Waals surface area contributed by atoms with Crippen LogP contribution in [0, 0.1) is 5.82 Å². The number of hydrogen-bond acceptors (Lipinski definition) is 5. The number of hydrogen-bond donors (Lipinski definition) is 1. The Hall–Kier alpha value is -2.61. The zero-order valence-electron chi connectivity index (χ0n) is 12.6. The van der Waals surface area contributed by atoms with Gasteiger partial charge in [0.1, 0.15) is 28.9 Å². The lowest BCUT2D eigenvalue weighted by Crippen LogP contribution is -2.40. The van der Waals surface area contributed by atoms with Crippen LogP contribution in [0.25, 0.3) is 0 Å². The average Bonchev–Trinajstić information content (AvgIpc) is 2.54. The van der Waals surface area contributed by atoms with Crippen LogP contribution in [0.3, 0.4) is 0 Å². The van der Waals surface area contributed by atoms with E-state index in [1.165, 1.54) is 18.2 Å².